The smallest absolute Gasteiger partial charge is 0.238 e. The lowest BCUT2D eigenvalue weighted by Gasteiger charge is -2.37. The minimum atomic E-state index is -0.365. The zero-order valence-electron chi connectivity index (χ0n) is 17.9. The van der Waals surface area contributed by atoms with Crippen molar-refractivity contribution in [1.29, 1.82) is 0 Å². The van der Waals surface area contributed by atoms with Gasteiger partial charge in [0.1, 0.15) is 18.2 Å². The molecule has 8 heteroatoms. The first-order valence-electron chi connectivity index (χ1n) is 10.5. The van der Waals surface area contributed by atoms with Crippen LogP contribution in [0.2, 0.25) is 0 Å². The van der Waals surface area contributed by atoms with Gasteiger partial charge in [-0.25, -0.2) is 4.39 Å². The van der Waals surface area contributed by atoms with Gasteiger partial charge in [0, 0.05) is 7.05 Å². The van der Waals surface area contributed by atoms with Crippen molar-refractivity contribution >= 4 is 23.4 Å². The van der Waals surface area contributed by atoms with E-state index in [9.17, 15) is 9.18 Å². The second-order valence-corrected chi connectivity index (χ2v) is 8.55. The van der Waals surface area contributed by atoms with E-state index >= 15 is 0 Å². The van der Waals surface area contributed by atoms with Crippen molar-refractivity contribution in [2.45, 2.75) is 11.2 Å². The van der Waals surface area contributed by atoms with Crippen LogP contribution in [0.5, 0.6) is 5.75 Å². The summed E-state index contributed by atoms with van der Waals surface area (Å²) in [6.07, 6.45) is 0. The third-order valence-electron chi connectivity index (χ3n) is 5.56. The first-order valence-corrected chi connectivity index (χ1v) is 11.5. The number of benzene rings is 3. The first-order chi connectivity index (χ1) is 16.1. The molecule has 0 unspecified atom stereocenters. The Hall–Kier alpha value is -3.65. The summed E-state index contributed by atoms with van der Waals surface area (Å²) >= 11 is 1.28. The molecule has 33 heavy (non-hydrogen) atoms. The number of para-hydroxylation sites is 2. The summed E-state index contributed by atoms with van der Waals surface area (Å²) in [5.41, 5.74) is 2.12. The van der Waals surface area contributed by atoms with E-state index in [0.29, 0.717) is 28.9 Å². The first kappa shape index (κ1) is 21.2. The normalized spacial score (nSPS) is 15.1. The van der Waals surface area contributed by atoms with Crippen LogP contribution in [-0.4, -0.2) is 33.0 Å². The molecule has 166 valence electrons. The molecule has 1 aromatic heterocycles. The summed E-state index contributed by atoms with van der Waals surface area (Å²) in [7, 11) is 1.77. The number of ether oxygens (including phenoxy) is 1. The number of hydrogen-bond acceptors (Lipinski definition) is 5. The van der Waals surface area contributed by atoms with Crippen LogP contribution in [0.25, 0.3) is 11.4 Å². The van der Waals surface area contributed by atoms with Gasteiger partial charge in [0.05, 0.1) is 23.0 Å². The quantitative estimate of drug-likeness (QED) is 0.397. The number of amides is 1. The average Bonchev–Trinajstić information content (AvgIpc) is 3.22. The Morgan fingerprint density at radius 1 is 1.03 bits per heavy atom. The van der Waals surface area contributed by atoms with Crippen LogP contribution in [0.3, 0.4) is 0 Å². The van der Waals surface area contributed by atoms with Gasteiger partial charge in [0.25, 0.3) is 0 Å². The molecule has 0 N–H and O–H groups in total. The van der Waals surface area contributed by atoms with Gasteiger partial charge in [-0.1, -0.05) is 66.4 Å². The van der Waals surface area contributed by atoms with E-state index in [1.165, 1.54) is 17.8 Å². The maximum Gasteiger partial charge on any atom is 0.238 e. The van der Waals surface area contributed by atoms with E-state index in [0.717, 1.165) is 11.3 Å². The predicted octanol–water partition coefficient (Wildman–Crippen LogP) is 4.88. The van der Waals surface area contributed by atoms with Crippen molar-refractivity contribution in [2.24, 2.45) is 7.05 Å². The Kier molecular flexibility index (Phi) is 5.83. The highest BCUT2D eigenvalue weighted by molar-refractivity contribution is 7.99. The lowest BCUT2D eigenvalue weighted by molar-refractivity contribution is -0.117. The Bertz CT molecular complexity index is 1290. The van der Waals surface area contributed by atoms with Crippen LogP contribution in [0, 0.1) is 5.82 Å². The molecule has 0 radical (unpaired) electrons. The number of nitrogens with zero attached hydrogens (tertiary/aromatic N) is 4. The fraction of sp³-hybridized carbons (Fsp3) is 0.160. The largest absolute Gasteiger partial charge is 0.489 e. The second-order valence-electron chi connectivity index (χ2n) is 7.60. The fourth-order valence-electron chi connectivity index (χ4n) is 3.93. The summed E-state index contributed by atoms with van der Waals surface area (Å²) in [4.78, 5) is 15.3. The van der Waals surface area contributed by atoms with Gasteiger partial charge < -0.3 is 9.30 Å². The topological polar surface area (TPSA) is 60.2 Å². The molecule has 0 fully saturated rings. The van der Waals surface area contributed by atoms with Crippen LogP contribution in [0.4, 0.5) is 10.1 Å². The second kappa shape index (κ2) is 9.07. The minimum absolute atomic E-state index is 0.0694. The molecule has 5 rings (SSSR count). The number of fused-ring (bicyclic) bond motifs is 1. The van der Waals surface area contributed by atoms with Gasteiger partial charge in [-0.15, -0.1) is 10.2 Å². The molecule has 1 aliphatic rings. The molecule has 6 nitrogen and oxygen atoms in total. The summed E-state index contributed by atoms with van der Waals surface area (Å²) in [5.74, 6) is 0.822. The molecule has 2 heterocycles. The third-order valence-corrected chi connectivity index (χ3v) is 6.57. The van der Waals surface area contributed by atoms with Crippen LogP contribution < -0.4 is 9.64 Å². The number of hydrogen-bond donors (Lipinski definition) is 0. The monoisotopic (exact) mass is 460 g/mol. The van der Waals surface area contributed by atoms with Crippen LogP contribution >= 0.6 is 11.8 Å². The van der Waals surface area contributed by atoms with Gasteiger partial charge in [-0.2, -0.15) is 0 Å². The zero-order valence-corrected chi connectivity index (χ0v) is 18.7. The Labute approximate surface area is 195 Å². The van der Waals surface area contributed by atoms with E-state index in [2.05, 4.69) is 10.2 Å². The number of carbonyl (C=O) groups is 1. The SMILES string of the molecule is Cn1c(SCC(=O)N2c3ccccc3OC[C@@H]2c2ccccc2)nnc1-c1ccccc1F. The number of carbonyl (C=O) groups excluding carboxylic acids is 1. The standard InChI is InChI=1S/C25H21FN4O2S/c1-29-24(18-11-5-6-12-19(18)26)27-28-25(29)33-16-23(31)30-20-13-7-8-14-22(20)32-15-21(30)17-9-3-2-4-10-17/h2-14,21H,15-16H2,1H3/t21-/m1/s1. The number of anilines is 1. The van der Waals surface area contributed by atoms with Gasteiger partial charge >= 0.3 is 0 Å². The van der Waals surface area contributed by atoms with Crippen LogP contribution in [0.15, 0.2) is 84.0 Å². The maximum absolute atomic E-state index is 14.2. The molecule has 0 saturated carbocycles. The Morgan fingerprint density at radius 2 is 1.76 bits per heavy atom. The molecule has 1 atom stereocenters. The van der Waals surface area contributed by atoms with E-state index < -0.39 is 0 Å². The van der Waals surface area contributed by atoms with Crippen molar-refractivity contribution < 1.29 is 13.9 Å². The predicted molar refractivity (Wildman–Crippen MR) is 126 cm³/mol. The summed E-state index contributed by atoms with van der Waals surface area (Å²) in [6.45, 7) is 0.374. The molecule has 1 aliphatic heterocycles. The molecular weight excluding hydrogens is 439 g/mol. The van der Waals surface area contributed by atoms with Gasteiger partial charge in [0.2, 0.25) is 5.91 Å². The molecular formula is C25H21FN4O2S. The van der Waals surface area contributed by atoms with Crippen molar-refractivity contribution in [3.8, 4) is 17.1 Å². The van der Waals surface area contributed by atoms with Crippen LogP contribution in [0.1, 0.15) is 11.6 Å². The maximum atomic E-state index is 14.2. The molecule has 4 aromatic rings. The molecule has 1 amide bonds. The minimum Gasteiger partial charge on any atom is -0.489 e. The van der Waals surface area contributed by atoms with E-state index in [-0.39, 0.29) is 23.5 Å². The molecule has 0 aliphatic carbocycles. The van der Waals surface area contributed by atoms with E-state index in [4.69, 9.17) is 4.74 Å². The van der Waals surface area contributed by atoms with Crippen molar-refractivity contribution in [3.63, 3.8) is 0 Å². The summed E-state index contributed by atoms with van der Waals surface area (Å²) in [6, 6.07) is 23.6. The summed E-state index contributed by atoms with van der Waals surface area (Å²) in [5, 5.41) is 8.87. The van der Waals surface area contributed by atoms with Crippen molar-refractivity contribution in [2.75, 3.05) is 17.3 Å². The van der Waals surface area contributed by atoms with Crippen molar-refractivity contribution in [3.05, 3.63) is 90.2 Å². The molecule has 0 spiro atoms. The van der Waals surface area contributed by atoms with Crippen molar-refractivity contribution in [1.82, 2.24) is 14.8 Å². The molecule has 0 saturated heterocycles. The molecule has 3 aromatic carbocycles. The number of rotatable bonds is 5. The number of aromatic nitrogens is 3. The van der Waals surface area contributed by atoms with E-state index in [1.54, 1.807) is 34.7 Å². The number of thioether (sulfide) groups is 1. The third kappa shape index (κ3) is 4.09. The van der Waals surface area contributed by atoms with Crippen LogP contribution in [-0.2, 0) is 11.8 Å². The molecule has 0 bridgehead atoms. The summed E-state index contributed by atoms with van der Waals surface area (Å²) < 4.78 is 21.9. The zero-order chi connectivity index (χ0) is 22.8. The van der Waals surface area contributed by atoms with E-state index in [1.807, 2.05) is 54.6 Å². The van der Waals surface area contributed by atoms with Gasteiger partial charge in [0.15, 0.2) is 11.0 Å². The van der Waals surface area contributed by atoms with Gasteiger partial charge in [-0.05, 0) is 29.8 Å². The fourth-order valence-corrected chi connectivity index (χ4v) is 4.70. The Morgan fingerprint density at radius 3 is 2.58 bits per heavy atom. The average molecular weight is 461 g/mol. The lowest BCUT2D eigenvalue weighted by atomic mass is 10.0. The highest BCUT2D eigenvalue weighted by Gasteiger charge is 2.33. The lowest BCUT2D eigenvalue weighted by Crippen LogP contribution is -2.42. The highest BCUT2D eigenvalue weighted by Crippen LogP contribution is 2.40. The Balaban J connectivity index is 1.40. The van der Waals surface area contributed by atoms with Gasteiger partial charge in [-0.3, -0.25) is 9.69 Å². The highest BCUT2D eigenvalue weighted by atomic mass is 32.2. The number of halogens is 1.